The maximum absolute atomic E-state index is 4.75. The molecule has 0 bridgehead atoms. The predicted molar refractivity (Wildman–Crippen MR) is 104 cm³/mol. The van der Waals surface area contributed by atoms with Gasteiger partial charge in [-0.1, -0.05) is 43.3 Å². The van der Waals surface area contributed by atoms with Gasteiger partial charge in [-0.3, -0.25) is 4.98 Å². The minimum absolute atomic E-state index is 0.639. The summed E-state index contributed by atoms with van der Waals surface area (Å²) in [5.74, 6) is 1.74. The summed E-state index contributed by atoms with van der Waals surface area (Å²) in [5, 5.41) is 6.72. The molecular formula is C20H18N4S. The molecule has 3 aromatic heterocycles. The Bertz CT molecular complexity index is 981. The molecule has 124 valence electrons. The Balaban J connectivity index is 1.79. The van der Waals surface area contributed by atoms with Gasteiger partial charge in [0.25, 0.3) is 0 Å². The fourth-order valence-corrected chi connectivity index (χ4v) is 3.75. The van der Waals surface area contributed by atoms with E-state index in [0.29, 0.717) is 6.54 Å². The lowest BCUT2D eigenvalue weighted by Crippen LogP contribution is -2.06. The first-order valence-electron chi connectivity index (χ1n) is 8.32. The zero-order chi connectivity index (χ0) is 17.1. The van der Waals surface area contributed by atoms with Crippen LogP contribution in [-0.2, 0) is 13.0 Å². The number of aromatic nitrogens is 3. The van der Waals surface area contributed by atoms with Gasteiger partial charge in [0.1, 0.15) is 16.5 Å². The van der Waals surface area contributed by atoms with Crippen LogP contribution in [0.25, 0.3) is 21.3 Å². The molecule has 0 aliphatic heterocycles. The second-order valence-electron chi connectivity index (χ2n) is 5.71. The molecule has 0 radical (unpaired) electrons. The summed E-state index contributed by atoms with van der Waals surface area (Å²) in [5.41, 5.74) is 3.35. The Morgan fingerprint density at radius 3 is 2.60 bits per heavy atom. The van der Waals surface area contributed by atoms with E-state index in [0.717, 1.165) is 34.0 Å². The number of hydrogen-bond donors (Lipinski definition) is 1. The highest BCUT2D eigenvalue weighted by molar-refractivity contribution is 7.17. The van der Waals surface area contributed by atoms with E-state index in [4.69, 9.17) is 9.97 Å². The van der Waals surface area contributed by atoms with E-state index in [-0.39, 0.29) is 0 Å². The summed E-state index contributed by atoms with van der Waals surface area (Å²) in [7, 11) is 0. The number of anilines is 1. The van der Waals surface area contributed by atoms with Gasteiger partial charge in [-0.15, -0.1) is 11.3 Å². The molecule has 0 fully saturated rings. The van der Waals surface area contributed by atoms with E-state index in [1.807, 2.05) is 30.5 Å². The van der Waals surface area contributed by atoms with Crippen LogP contribution in [0.4, 0.5) is 5.82 Å². The van der Waals surface area contributed by atoms with Crippen LogP contribution in [0.2, 0.25) is 0 Å². The Hall–Kier alpha value is -2.79. The van der Waals surface area contributed by atoms with Crippen molar-refractivity contribution in [2.24, 2.45) is 0 Å². The van der Waals surface area contributed by atoms with Crippen LogP contribution in [0.5, 0.6) is 0 Å². The van der Waals surface area contributed by atoms with Crippen molar-refractivity contribution in [3.05, 3.63) is 71.6 Å². The number of aryl methyl sites for hydroxylation is 1. The molecule has 4 rings (SSSR count). The molecule has 1 N–H and O–H groups in total. The molecule has 4 nitrogen and oxygen atoms in total. The minimum Gasteiger partial charge on any atom is -0.364 e. The Labute approximate surface area is 150 Å². The quantitative estimate of drug-likeness (QED) is 0.557. The van der Waals surface area contributed by atoms with Gasteiger partial charge in [-0.2, -0.15) is 0 Å². The van der Waals surface area contributed by atoms with Gasteiger partial charge >= 0.3 is 0 Å². The van der Waals surface area contributed by atoms with Crippen LogP contribution in [-0.4, -0.2) is 15.0 Å². The maximum atomic E-state index is 4.75. The van der Waals surface area contributed by atoms with E-state index in [1.165, 1.54) is 11.1 Å². The van der Waals surface area contributed by atoms with Crippen LogP contribution in [0.15, 0.2) is 60.1 Å². The van der Waals surface area contributed by atoms with Crippen LogP contribution in [0.3, 0.4) is 0 Å². The third-order valence-electron chi connectivity index (χ3n) is 4.04. The van der Waals surface area contributed by atoms with E-state index >= 15 is 0 Å². The van der Waals surface area contributed by atoms with Crippen molar-refractivity contribution in [1.29, 1.82) is 0 Å². The van der Waals surface area contributed by atoms with Crippen molar-refractivity contribution in [3.63, 3.8) is 0 Å². The molecule has 0 aliphatic rings. The number of thiophene rings is 1. The van der Waals surface area contributed by atoms with Gasteiger partial charge in [-0.05, 0) is 17.7 Å². The van der Waals surface area contributed by atoms with Gasteiger partial charge in [-0.25, -0.2) is 9.97 Å². The lowest BCUT2D eigenvalue weighted by molar-refractivity contribution is 0.950. The van der Waals surface area contributed by atoms with Crippen molar-refractivity contribution < 1.29 is 0 Å². The third kappa shape index (κ3) is 3.23. The first-order chi connectivity index (χ1) is 12.3. The van der Waals surface area contributed by atoms with Gasteiger partial charge in [0.15, 0.2) is 0 Å². The number of rotatable bonds is 5. The van der Waals surface area contributed by atoms with Crippen LogP contribution >= 0.6 is 11.3 Å². The zero-order valence-electron chi connectivity index (χ0n) is 13.9. The van der Waals surface area contributed by atoms with Crippen molar-refractivity contribution in [2.45, 2.75) is 19.9 Å². The molecule has 0 aliphatic carbocycles. The molecule has 4 aromatic rings. The van der Waals surface area contributed by atoms with Crippen molar-refractivity contribution >= 4 is 27.4 Å². The minimum atomic E-state index is 0.639. The second kappa shape index (κ2) is 6.99. The highest BCUT2D eigenvalue weighted by atomic mass is 32.1. The Morgan fingerprint density at radius 1 is 1.00 bits per heavy atom. The average molecular weight is 346 g/mol. The Morgan fingerprint density at radius 2 is 1.84 bits per heavy atom. The molecule has 0 spiro atoms. The maximum Gasteiger partial charge on any atom is 0.139 e. The fraction of sp³-hybridized carbons (Fsp3) is 0.150. The van der Waals surface area contributed by atoms with Gasteiger partial charge in [0.05, 0.1) is 17.6 Å². The van der Waals surface area contributed by atoms with Gasteiger partial charge in [0, 0.05) is 23.6 Å². The monoisotopic (exact) mass is 346 g/mol. The van der Waals surface area contributed by atoms with Crippen molar-refractivity contribution in [1.82, 2.24) is 15.0 Å². The molecule has 0 amide bonds. The highest BCUT2D eigenvalue weighted by Gasteiger charge is 2.15. The van der Waals surface area contributed by atoms with Crippen LogP contribution in [0.1, 0.15) is 18.4 Å². The zero-order valence-corrected chi connectivity index (χ0v) is 14.8. The normalized spacial score (nSPS) is 10.9. The number of fused-ring (bicyclic) bond motifs is 1. The molecule has 0 atom stereocenters. The molecular weight excluding hydrogens is 328 g/mol. The topological polar surface area (TPSA) is 50.7 Å². The molecule has 25 heavy (non-hydrogen) atoms. The summed E-state index contributed by atoms with van der Waals surface area (Å²) in [6, 6.07) is 16.3. The van der Waals surface area contributed by atoms with E-state index in [1.54, 1.807) is 11.3 Å². The second-order valence-corrected chi connectivity index (χ2v) is 6.57. The lowest BCUT2D eigenvalue weighted by atomic mass is 10.1. The summed E-state index contributed by atoms with van der Waals surface area (Å²) in [6.07, 6.45) is 2.62. The molecule has 0 saturated heterocycles. The van der Waals surface area contributed by atoms with E-state index < -0.39 is 0 Å². The molecule has 1 aromatic carbocycles. The summed E-state index contributed by atoms with van der Waals surface area (Å²) in [4.78, 5) is 14.9. The molecule has 0 saturated carbocycles. The third-order valence-corrected chi connectivity index (χ3v) is 4.92. The number of nitrogens with one attached hydrogen (secondary N) is 1. The molecule has 5 heteroatoms. The smallest absolute Gasteiger partial charge is 0.139 e. The number of nitrogens with zero attached hydrogens (tertiary/aromatic N) is 3. The van der Waals surface area contributed by atoms with E-state index in [2.05, 4.69) is 46.9 Å². The Kier molecular flexibility index (Phi) is 4.39. The SMILES string of the molecule is CCc1nc(NCc2ccccn2)c2c(-c3ccccc3)csc2n1. The van der Waals surface area contributed by atoms with Crippen LogP contribution in [0, 0.1) is 0 Å². The summed E-state index contributed by atoms with van der Waals surface area (Å²) >= 11 is 1.67. The summed E-state index contributed by atoms with van der Waals surface area (Å²) in [6.45, 7) is 2.72. The largest absolute Gasteiger partial charge is 0.364 e. The van der Waals surface area contributed by atoms with Crippen molar-refractivity contribution in [2.75, 3.05) is 5.32 Å². The highest BCUT2D eigenvalue weighted by Crippen LogP contribution is 2.37. The van der Waals surface area contributed by atoms with Crippen LogP contribution < -0.4 is 5.32 Å². The van der Waals surface area contributed by atoms with E-state index in [9.17, 15) is 0 Å². The molecule has 3 heterocycles. The predicted octanol–water partition coefficient (Wildman–Crippen LogP) is 4.93. The van der Waals surface area contributed by atoms with Crippen molar-refractivity contribution in [3.8, 4) is 11.1 Å². The lowest BCUT2D eigenvalue weighted by Gasteiger charge is -2.10. The molecule has 0 unspecified atom stereocenters. The number of hydrogen-bond acceptors (Lipinski definition) is 5. The fourth-order valence-electron chi connectivity index (χ4n) is 2.78. The van der Waals surface area contributed by atoms with Gasteiger partial charge in [0.2, 0.25) is 0 Å². The van der Waals surface area contributed by atoms with Gasteiger partial charge < -0.3 is 5.32 Å². The number of pyridine rings is 1. The summed E-state index contributed by atoms with van der Waals surface area (Å²) < 4.78 is 0. The number of benzene rings is 1. The first kappa shape index (κ1) is 15.7. The average Bonchev–Trinajstić information content (AvgIpc) is 3.11. The standard InChI is InChI=1S/C20H18N4S/c1-2-17-23-19(22-12-15-10-6-7-11-21-15)18-16(13-25-20(18)24-17)14-8-4-3-5-9-14/h3-11,13H,2,12H2,1H3,(H,22,23,24). The first-order valence-corrected chi connectivity index (χ1v) is 9.20.